The fourth-order valence-electron chi connectivity index (χ4n) is 4.16. The summed E-state index contributed by atoms with van der Waals surface area (Å²) in [6.07, 6.45) is 1.73. The summed E-state index contributed by atoms with van der Waals surface area (Å²) >= 11 is 0. The lowest BCUT2D eigenvalue weighted by Crippen LogP contribution is -2.45. The van der Waals surface area contributed by atoms with E-state index in [4.69, 9.17) is 5.73 Å². The zero-order valence-electron chi connectivity index (χ0n) is 17.9. The van der Waals surface area contributed by atoms with Crippen LogP contribution in [0, 0.1) is 6.92 Å². The molecule has 4 heterocycles. The molecule has 0 radical (unpaired) electrons. The smallest absolute Gasteiger partial charge is 0.353 e. The fourth-order valence-corrected chi connectivity index (χ4v) is 4.16. The number of nitrogens with two attached hydrogens (primary N) is 1. The maximum absolute atomic E-state index is 13.0. The van der Waals surface area contributed by atoms with E-state index in [2.05, 4.69) is 32.0 Å². The van der Waals surface area contributed by atoms with Crippen molar-refractivity contribution < 1.29 is 0 Å². The molecule has 0 atom stereocenters. The molecule has 1 aliphatic rings. The third-order valence-electron chi connectivity index (χ3n) is 5.98. The van der Waals surface area contributed by atoms with Gasteiger partial charge in [0.2, 0.25) is 5.95 Å². The van der Waals surface area contributed by atoms with Gasteiger partial charge in [-0.05, 0) is 19.5 Å². The molecule has 10 nitrogen and oxygen atoms in total. The number of piperazine rings is 1. The molecular formula is C21H27N9O. The van der Waals surface area contributed by atoms with Crippen LogP contribution in [0.2, 0.25) is 0 Å². The molecule has 31 heavy (non-hydrogen) atoms. The Hall–Kier alpha value is -3.24. The molecule has 4 aromatic rings. The molecule has 0 spiro atoms. The quantitative estimate of drug-likeness (QED) is 0.498. The van der Waals surface area contributed by atoms with Gasteiger partial charge < -0.3 is 10.6 Å². The number of nitrogen functional groups attached to an aromatic ring is 1. The first kappa shape index (κ1) is 19.7. The van der Waals surface area contributed by atoms with Crippen LogP contribution in [0.4, 0.5) is 5.95 Å². The van der Waals surface area contributed by atoms with E-state index in [9.17, 15) is 4.79 Å². The van der Waals surface area contributed by atoms with Crippen LogP contribution in [-0.4, -0.2) is 78.5 Å². The van der Waals surface area contributed by atoms with Crippen LogP contribution < -0.4 is 11.4 Å². The number of aryl methyl sites for hydroxylation is 1. The Labute approximate surface area is 179 Å². The number of aromatic nitrogens is 6. The number of nitrogens with zero attached hydrogens (tertiary/aromatic N) is 8. The summed E-state index contributed by atoms with van der Waals surface area (Å²) in [6, 6.07) is 8.03. The third kappa shape index (κ3) is 3.68. The van der Waals surface area contributed by atoms with Gasteiger partial charge in [0, 0.05) is 32.7 Å². The second kappa shape index (κ2) is 7.78. The number of hydrogen-bond acceptors (Lipinski definition) is 7. The van der Waals surface area contributed by atoms with Gasteiger partial charge in [-0.15, -0.1) is 5.10 Å². The summed E-state index contributed by atoms with van der Waals surface area (Å²) in [4.78, 5) is 22.2. The SMILES string of the molecule is Cc1cccc(Cn2nc3c4cnn(CCN5CCN(C)CC5)c4nc(N)n3c2=O)c1. The van der Waals surface area contributed by atoms with E-state index in [1.54, 1.807) is 6.20 Å². The van der Waals surface area contributed by atoms with E-state index in [0.717, 1.165) is 49.2 Å². The van der Waals surface area contributed by atoms with E-state index in [0.29, 0.717) is 24.4 Å². The van der Waals surface area contributed by atoms with Crippen molar-refractivity contribution in [3.8, 4) is 0 Å². The van der Waals surface area contributed by atoms with E-state index >= 15 is 0 Å². The molecule has 2 N–H and O–H groups in total. The number of rotatable bonds is 5. The van der Waals surface area contributed by atoms with Crippen molar-refractivity contribution in [3.63, 3.8) is 0 Å². The largest absolute Gasteiger partial charge is 0.369 e. The molecule has 10 heteroatoms. The van der Waals surface area contributed by atoms with Crippen LogP contribution in [0.3, 0.4) is 0 Å². The van der Waals surface area contributed by atoms with Crippen LogP contribution in [0.1, 0.15) is 11.1 Å². The van der Waals surface area contributed by atoms with Crippen LogP contribution in [0.25, 0.3) is 16.7 Å². The summed E-state index contributed by atoms with van der Waals surface area (Å²) in [5, 5.41) is 9.82. The molecule has 0 saturated carbocycles. The molecule has 1 saturated heterocycles. The maximum atomic E-state index is 13.0. The highest BCUT2D eigenvalue weighted by Crippen LogP contribution is 2.18. The summed E-state index contributed by atoms with van der Waals surface area (Å²) < 4.78 is 4.65. The van der Waals surface area contributed by atoms with Crippen LogP contribution in [-0.2, 0) is 13.1 Å². The van der Waals surface area contributed by atoms with Gasteiger partial charge >= 0.3 is 5.69 Å². The molecule has 0 amide bonds. The number of anilines is 1. The minimum Gasteiger partial charge on any atom is -0.369 e. The monoisotopic (exact) mass is 421 g/mol. The molecule has 3 aromatic heterocycles. The van der Waals surface area contributed by atoms with Gasteiger partial charge in [-0.3, -0.25) is 4.90 Å². The molecular weight excluding hydrogens is 394 g/mol. The number of benzene rings is 1. The maximum Gasteiger partial charge on any atom is 0.353 e. The van der Waals surface area contributed by atoms with Crippen molar-refractivity contribution in [1.82, 2.24) is 38.7 Å². The molecule has 1 fully saturated rings. The Kier molecular flexibility index (Phi) is 4.95. The lowest BCUT2D eigenvalue weighted by molar-refractivity contribution is 0.149. The zero-order valence-corrected chi connectivity index (χ0v) is 17.9. The van der Waals surface area contributed by atoms with Crippen molar-refractivity contribution in [2.45, 2.75) is 20.0 Å². The minimum atomic E-state index is -0.298. The van der Waals surface area contributed by atoms with Gasteiger partial charge in [-0.2, -0.15) is 10.1 Å². The first-order valence-electron chi connectivity index (χ1n) is 10.6. The molecule has 1 aromatic carbocycles. The lowest BCUT2D eigenvalue weighted by atomic mass is 10.1. The van der Waals surface area contributed by atoms with Crippen LogP contribution in [0.15, 0.2) is 35.3 Å². The highest BCUT2D eigenvalue weighted by Gasteiger charge is 2.19. The predicted octanol–water partition coefficient (Wildman–Crippen LogP) is 0.427. The standard InChI is InChI=1S/C21H27N9O/c1-15-4-3-5-16(12-15)14-29-21(31)30-19(25-29)17-13-23-28(18(17)24-20(30)22)11-10-27-8-6-26(2)7-9-27/h3-5,12-13H,6-11,14H2,1-2H3,(H2,22,24). The first-order valence-corrected chi connectivity index (χ1v) is 10.6. The molecule has 162 valence electrons. The highest BCUT2D eigenvalue weighted by molar-refractivity contribution is 5.89. The average molecular weight is 422 g/mol. The Bertz CT molecular complexity index is 1290. The van der Waals surface area contributed by atoms with Crippen molar-refractivity contribution in [2.24, 2.45) is 0 Å². The van der Waals surface area contributed by atoms with Crippen molar-refractivity contribution >= 4 is 22.6 Å². The summed E-state index contributed by atoms with van der Waals surface area (Å²) in [5.74, 6) is 0.129. The van der Waals surface area contributed by atoms with E-state index in [1.807, 2.05) is 35.9 Å². The minimum absolute atomic E-state index is 0.129. The van der Waals surface area contributed by atoms with Crippen molar-refractivity contribution in [1.29, 1.82) is 0 Å². The third-order valence-corrected chi connectivity index (χ3v) is 5.98. The van der Waals surface area contributed by atoms with Gasteiger partial charge in [0.15, 0.2) is 11.3 Å². The van der Waals surface area contributed by atoms with Gasteiger partial charge in [-0.25, -0.2) is 18.6 Å². The van der Waals surface area contributed by atoms with Gasteiger partial charge in [0.25, 0.3) is 0 Å². The van der Waals surface area contributed by atoms with Gasteiger partial charge in [0.05, 0.1) is 24.7 Å². The summed E-state index contributed by atoms with van der Waals surface area (Å²) in [6.45, 7) is 8.26. The lowest BCUT2D eigenvalue weighted by Gasteiger charge is -2.32. The van der Waals surface area contributed by atoms with Crippen molar-refractivity contribution in [3.05, 3.63) is 52.1 Å². The highest BCUT2D eigenvalue weighted by atomic mass is 16.2. The topological polar surface area (TPSA) is 103 Å². The number of likely N-dealkylation sites (N-methyl/N-ethyl adjacent to an activating group) is 1. The predicted molar refractivity (Wildman–Crippen MR) is 119 cm³/mol. The Morgan fingerprint density at radius 3 is 2.65 bits per heavy atom. The summed E-state index contributed by atoms with van der Waals surface area (Å²) in [7, 11) is 2.15. The first-order chi connectivity index (χ1) is 15.0. The van der Waals surface area contributed by atoms with Crippen LogP contribution >= 0.6 is 0 Å². The summed E-state index contributed by atoms with van der Waals surface area (Å²) in [5.41, 5.74) is 9.18. The van der Waals surface area contributed by atoms with Crippen molar-refractivity contribution in [2.75, 3.05) is 45.5 Å². The van der Waals surface area contributed by atoms with Crippen LogP contribution in [0.5, 0.6) is 0 Å². The van der Waals surface area contributed by atoms with E-state index in [1.165, 1.54) is 9.08 Å². The zero-order chi connectivity index (χ0) is 21.5. The van der Waals surface area contributed by atoms with E-state index < -0.39 is 0 Å². The molecule has 0 bridgehead atoms. The van der Waals surface area contributed by atoms with Gasteiger partial charge in [-0.1, -0.05) is 29.8 Å². The molecule has 0 aliphatic carbocycles. The fraction of sp³-hybridized carbons (Fsp3) is 0.429. The number of hydrogen-bond donors (Lipinski definition) is 1. The average Bonchev–Trinajstić information content (AvgIpc) is 3.29. The second-order valence-corrected chi connectivity index (χ2v) is 8.31. The number of fused-ring (bicyclic) bond motifs is 3. The molecule has 5 rings (SSSR count). The molecule has 1 aliphatic heterocycles. The second-order valence-electron chi connectivity index (χ2n) is 8.31. The normalized spacial score (nSPS) is 15.9. The van der Waals surface area contributed by atoms with Gasteiger partial charge in [0.1, 0.15) is 0 Å². The Morgan fingerprint density at radius 1 is 1.06 bits per heavy atom. The Balaban J connectivity index is 1.46. The van der Waals surface area contributed by atoms with E-state index in [-0.39, 0.29) is 11.6 Å². The molecule has 0 unspecified atom stereocenters. The Morgan fingerprint density at radius 2 is 1.87 bits per heavy atom.